The fourth-order valence-electron chi connectivity index (χ4n) is 1.38. The molecule has 0 fully saturated rings. The molecule has 18 heavy (non-hydrogen) atoms. The highest BCUT2D eigenvalue weighted by atomic mass is 35.5. The van der Waals surface area contributed by atoms with Gasteiger partial charge in [0.15, 0.2) is 11.6 Å². The second kappa shape index (κ2) is 5.99. The largest absolute Gasteiger partial charge is 0.505 e. The maximum Gasteiger partial charge on any atom is 0.308 e. The lowest BCUT2D eigenvalue weighted by Gasteiger charge is -2.18. The normalized spacial score (nSPS) is 14.1. The van der Waals surface area contributed by atoms with Gasteiger partial charge < -0.3 is 20.1 Å². The van der Waals surface area contributed by atoms with Crippen LogP contribution in [0.5, 0.6) is 5.75 Å². The molecule has 3 N–H and O–H groups in total. The molecule has 0 aromatic heterocycles. The number of halogens is 2. The first kappa shape index (κ1) is 14.7. The zero-order chi connectivity index (χ0) is 13.9. The molecule has 0 bridgehead atoms. The van der Waals surface area contributed by atoms with Crippen molar-refractivity contribution >= 4 is 17.6 Å². The molecule has 0 saturated carbocycles. The summed E-state index contributed by atoms with van der Waals surface area (Å²) in [5.41, 5.74) is -0.295. The Kier molecular flexibility index (Phi) is 4.89. The third-order valence-electron chi connectivity index (χ3n) is 2.34. The highest BCUT2D eigenvalue weighted by Crippen LogP contribution is 2.32. The van der Waals surface area contributed by atoms with Crippen LogP contribution in [0.1, 0.15) is 18.1 Å². The summed E-state index contributed by atoms with van der Waals surface area (Å²) in [4.78, 5) is 10.9. The molecule has 0 radical (unpaired) electrons. The maximum absolute atomic E-state index is 13.2. The predicted octanol–water partition coefficient (Wildman–Crippen LogP) is 1.14. The number of phenolic OH excluding ortho intramolecular Hbond substituents is 1. The van der Waals surface area contributed by atoms with E-state index in [9.17, 15) is 24.5 Å². The lowest BCUT2D eigenvalue weighted by molar-refractivity contribution is -0.144. The minimum absolute atomic E-state index is 0.0513. The van der Waals surface area contributed by atoms with Gasteiger partial charge in [-0.15, -0.1) is 0 Å². The van der Waals surface area contributed by atoms with E-state index >= 15 is 0 Å². The standard InChI is InChI=1S/C11H12ClFO5/c1-18-9(15)4-8(14)11(17)6-2-5(12)3-7(13)10(6)16/h2-3,8,11,14,16-17H,4H2,1H3. The Balaban J connectivity index is 2.96. The van der Waals surface area contributed by atoms with Gasteiger partial charge in [0.05, 0.1) is 19.6 Å². The molecule has 2 unspecified atom stereocenters. The lowest BCUT2D eigenvalue weighted by Crippen LogP contribution is -2.22. The molecule has 0 aliphatic rings. The number of hydrogen-bond acceptors (Lipinski definition) is 5. The van der Waals surface area contributed by atoms with Crippen LogP contribution in [0, 0.1) is 5.82 Å². The second-order valence-corrected chi connectivity index (χ2v) is 4.05. The third-order valence-corrected chi connectivity index (χ3v) is 2.56. The van der Waals surface area contributed by atoms with Gasteiger partial charge in [0.25, 0.3) is 0 Å². The molecule has 0 amide bonds. The number of rotatable bonds is 4. The first-order chi connectivity index (χ1) is 8.36. The lowest BCUT2D eigenvalue weighted by atomic mass is 10.0. The van der Waals surface area contributed by atoms with Gasteiger partial charge in [-0.25, -0.2) is 4.39 Å². The van der Waals surface area contributed by atoms with Crippen LogP contribution in [0.4, 0.5) is 4.39 Å². The Bertz CT molecular complexity index is 451. The first-order valence-electron chi connectivity index (χ1n) is 4.97. The van der Waals surface area contributed by atoms with Crippen LogP contribution in [0.3, 0.4) is 0 Å². The van der Waals surface area contributed by atoms with Crippen molar-refractivity contribution in [2.24, 2.45) is 0 Å². The number of carbonyl (C=O) groups excluding carboxylic acids is 1. The number of hydrogen-bond donors (Lipinski definition) is 3. The number of carbonyl (C=O) groups is 1. The van der Waals surface area contributed by atoms with Crippen molar-refractivity contribution in [3.05, 3.63) is 28.5 Å². The van der Waals surface area contributed by atoms with Crippen LogP contribution < -0.4 is 0 Å². The Hall–Kier alpha value is -1.37. The number of aliphatic hydroxyl groups is 2. The summed E-state index contributed by atoms with van der Waals surface area (Å²) in [6.45, 7) is 0. The van der Waals surface area contributed by atoms with Gasteiger partial charge in [-0.05, 0) is 12.1 Å². The number of phenols is 1. The summed E-state index contributed by atoms with van der Waals surface area (Å²) in [6.07, 6.45) is -3.69. The Labute approximate surface area is 107 Å². The van der Waals surface area contributed by atoms with Crippen molar-refractivity contribution < 1.29 is 29.2 Å². The Morgan fingerprint density at radius 3 is 2.67 bits per heavy atom. The van der Waals surface area contributed by atoms with E-state index in [0.29, 0.717) is 0 Å². The van der Waals surface area contributed by atoms with Gasteiger partial charge in [0.2, 0.25) is 0 Å². The van der Waals surface area contributed by atoms with Crippen LogP contribution in [-0.2, 0) is 9.53 Å². The van der Waals surface area contributed by atoms with Crippen LogP contribution in [0.15, 0.2) is 12.1 Å². The summed E-state index contributed by atoms with van der Waals surface area (Å²) >= 11 is 5.57. The molecule has 1 aromatic carbocycles. The van der Waals surface area contributed by atoms with E-state index in [0.717, 1.165) is 19.2 Å². The first-order valence-corrected chi connectivity index (χ1v) is 5.35. The minimum Gasteiger partial charge on any atom is -0.505 e. The van der Waals surface area contributed by atoms with E-state index in [1.54, 1.807) is 0 Å². The van der Waals surface area contributed by atoms with Gasteiger partial charge in [-0.2, -0.15) is 0 Å². The summed E-state index contributed by atoms with van der Waals surface area (Å²) in [5.74, 6) is -2.60. The van der Waals surface area contributed by atoms with Crippen LogP contribution in [0.25, 0.3) is 0 Å². The van der Waals surface area contributed by atoms with Crippen LogP contribution in [0.2, 0.25) is 5.02 Å². The van der Waals surface area contributed by atoms with Crippen molar-refractivity contribution in [1.82, 2.24) is 0 Å². The molecule has 0 aliphatic heterocycles. The predicted molar refractivity (Wildman–Crippen MR) is 60.7 cm³/mol. The van der Waals surface area contributed by atoms with Crippen LogP contribution in [-0.4, -0.2) is 34.5 Å². The molecule has 100 valence electrons. The van der Waals surface area contributed by atoms with E-state index in [-0.39, 0.29) is 10.6 Å². The number of benzene rings is 1. The van der Waals surface area contributed by atoms with E-state index in [1.165, 1.54) is 0 Å². The topological polar surface area (TPSA) is 87.0 Å². The summed E-state index contributed by atoms with van der Waals surface area (Å²) in [6, 6.07) is 1.96. The Morgan fingerprint density at radius 2 is 2.11 bits per heavy atom. The third kappa shape index (κ3) is 3.32. The smallest absolute Gasteiger partial charge is 0.308 e. The second-order valence-electron chi connectivity index (χ2n) is 3.62. The van der Waals surface area contributed by atoms with Crippen molar-refractivity contribution in [1.29, 1.82) is 0 Å². The molecular formula is C11H12ClFO5. The van der Waals surface area contributed by atoms with Crippen molar-refractivity contribution in [3.63, 3.8) is 0 Å². The van der Waals surface area contributed by atoms with Gasteiger partial charge >= 0.3 is 5.97 Å². The Morgan fingerprint density at radius 1 is 1.50 bits per heavy atom. The van der Waals surface area contributed by atoms with E-state index in [2.05, 4.69) is 4.74 Å². The number of aromatic hydroxyl groups is 1. The molecule has 0 heterocycles. The average Bonchev–Trinajstić information content (AvgIpc) is 2.32. The quantitative estimate of drug-likeness (QED) is 0.719. The molecule has 1 rings (SSSR count). The molecule has 7 heteroatoms. The fraction of sp³-hybridized carbons (Fsp3) is 0.364. The minimum atomic E-state index is -1.66. The monoisotopic (exact) mass is 278 g/mol. The van der Waals surface area contributed by atoms with Gasteiger partial charge in [0.1, 0.15) is 6.10 Å². The molecule has 0 saturated heterocycles. The van der Waals surface area contributed by atoms with E-state index < -0.39 is 36.2 Å². The van der Waals surface area contributed by atoms with Gasteiger partial charge in [-0.3, -0.25) is 4.79 Å². The van der Waals surface area contributed by atoms with Crippen LogP contribution >= 0.6 is 11.6 Å². The van der Waals surface area contributed by atoms with Crippen molar-refractivity contribution in [2.45, 2.75) is 18.6 Å². The summed E-state index contributed by atoms with van der Waals surface area (Å²) in [7, 11) is 1.12. The van der Waals surface area contributed by atoms with Gasteiger partial charge in [-0.1, -0.05) is 11.6 Å². The molecule has 5 nitrogen and oxygen atoms in total. The van der Waals surface area contributed by atoms with Gasteiger partial charge in [0, 0.05) is 10.6 Å². The SMILES string of the molecule is COC(=O)CC(O)C(O)c1cc(Cl)cc(F)c1O. The highest BCUT2D eigenvalue weighted by molar-refractivity contribution is 6.30. The van der Waals surface area contributed by atoms with Crippen molar-refractivity contribution in [3.8, 4) is 5.75 Å². The highest BCUT2D eigenvalue weighted by Gasteiger charge is 2.26. The number of ether oxygens (including phenoxy) is 1. The van der Waals surface area contributed by atoms with Crippen molar-refractivity contribution in [2.75, 3.05) is 7.11 Å². The maximum atomic E-state index is 13.2. The number of esters is 1. The molecule has 0 spiro atoms. The molecular weight excluding hydrogens is 267 g/mol. The average molecular weight is 279 g/mol. The number of aliphatic hydroxyl groups excluding tert-OH is 2. The zero-order valence-electron chi connectivity index (χ0n) is 9.43. The number of methoxy groups -OCH3 is 1. The summed E-state index contributed by atoms with van der Waals surface area (Å²) in [5, 5.41) is 28.6. The van der Waals surface area contributed by atoms with E-state index in [1.807, 2.05) is 0 Å². The zero-order valence-corrected chi connectivity index (χ0v) is 10.2. The fourth-order valence-corrected chi connectivity index (χ4v) is 1.60. The van der Waals surface area contributed by atoms with E-state index in [4.69, 9.17) is 11.6 Å². The molecule has 2 atom stereocenters. The molecule has 0 aliphatic carbocycles. The summed E-state index contributed by atoms with van der Waals surface area (Å²) < 4.78 is 17.5. The molecule has 1 aromatic rings.